The smallest absolute Gasteiger partial charge is 0.0431 e. The minimum absolute atomic E-state index is 0.319. The zero-order chi connectivity index (χ0) is 11.1. The van der Waals surface area contributed by atoms with Crippen LogP contribution in [0, 0.1) is 5.92 Å². The zero-order valence-electron chi connectivity index (χ0n) is 10.2. The number of aliphatic hydroxyl groups is 1. The second kappa shape index (κ2) is 7.20. The van der Waals surface area contributed by atoms with Crippen molar-refractivity contribution in [3.8, 4) is 0 Å². The first-order chi connectivity index (χ1) is 7.26. The fourth-order valence-corrected chi connectivity index (χ4v) is 2.23. The minimum atomic E-state index is 0.319. The standard InChI is InChI=1S/C12H26N2O/c1-3-14-7-6-12(10-14)9-13-11(2)5-4-8-15/h11-13,15H,3-10H2,1-2H3. The summed E-state index contributed by atoms with van der Waals surface area (Å²) in [5.74, 6) is 0.835. The normalized spacial score (nSPS) is 24.6. The highest BCUT2D eigenvalue weighted by molar-refractivity contribution is 4.77. The molecule has 1 rings (SSSR count). The summed E-state index contributed by atoms with van der Waals surface area (Å²) in [7, 11) is 0. The van der Waals surface area contributed by atoms with Crippen molar-refractivity contribution in [2.45, 2.75) is 39.2 Å². The zero-order valence-corrected chi connectivity index (χ0v) is 10.2. The highest BCUT2D eigenvalue weighted by Crippen LogP contribution is 2.14. The maximum absolute atomic E-state index is 8.73. The molecule has 0 aliphatic carbocycles. The van der Waals surface area contributed by atoms with E-state index in [4.69, 9.17) is 5.11 Å². The first kappa shape index (κ1) is 12.9. The molecule has 15 heavy (non-hydrogen) atoms. The van der Waals surface area contributed by atoms with Crippen molar-refractivity contribution in [2.75, 3.05) is 32.8 Å². The third-order valence-corrected chi connectivity index (χ3v) is 3.37. The topological polar surface area (TPSA) is 35.5 Å². The Bertz CT molecular complexity index is 164. The number of likely N-dealkylation sites (tertiary alicyclic amines) is 1. The molecule has 0 spiro atoms. The predicted octanol–water partition coefficient (Wildman–Crippen LogP) is 1.08. The van der Waals surface area contributed by atoms with Crippen molar-refractivity contribution < 1.29 is 5.11 Å². The lowest BCUT2D eigenvalue weighted by Crippen LogP contribution is -2.32. The van der Waals surface area contributed by atoms with E-state index in [0.717, 1.165) is 25.3 Å². The summed E-state index contributed by atoms with van der Waals surface area (Å²) < 4.78 is 0. The Balaban J connectivity index is 2.04. The van der Waals surface area contributed by atoms with Gasteiger partial charge >= 0.3 is 0 Å². The van der Waals surface area contributed by atoms with Crippen LogP contribution >= 0.6 is 0 Å². The number of hydrogen-bond acceptors (Lipinski definition) is 3. The fraction of sp³-hybridized carbons (Fsp3) is 1.00. The van der Waals surface area contributed by atoms with Crippen LogP contribution in [0.3, 0.4) is 0 Å². The largest absolute Gasteiger partial charge is 0.396 e. The van der Waals surface area contributed by atoms with Crippen molar-refractivity contribution in [3.05, 3.63) is 0 Å². The molecule has 0 aromatic carbocycles. The Hall–Kier alpha value is -0.120. The summed E-state index contributed by atoms with van der Waals surface area (Å²) in [5, 5.41) is 12.3. The molecule has 0 bridgehead atoms. The second-order valence-electron chi connectivity index (χ2n) is 4.72. The van der Waals surface area contributed by atoms with E-state index in [1.165, 1.54) is 26.1 Å². The van der Waals surface area contributed by atoms with Gasteiger partial charge in [-0.25, -0.2) is 0 Å². The van der Waals surface area contributed by atoms with E-state index in [0.29, 0.717) is 12.6 Å². The van der Waals surface area contributed by atoms with Crippen LogP contribution in [0.15, 0.2) is 0 Å². The van der Waals surface area contributed by atoms with E-state index in [-0.39, 0.29) is 0 Å². The maximum Gasteiger partial charge on any atom is 0.0431 e. The molecule has 0 aromatic heterocycles. The Morgan fingerprint density at radius 1 is 1.53 bits per heavy atom. The van der Waals surface area contributed by atoms with Crippen molar-refractivity contribution in [1.82, 2.24) is 10.2 Å². The summed E-state index contributed by atoms with van der Waals surface area (Å²) in [6.45, 7) is 9.63. The lowest BCUT2D eigenvalue weighted by atomic mass is 10.1. The van der Waals surface area contributed by atoms with Crippen LogP contribution in [0.1, 0.15) is 33.1 Å². The number of hydrogen-bond donors (Lipinski definition) is 2. The van der Waals surface area contributed by atoms with Crippen LogP contribution in [-0.2, 0) is 0 Å². The van der Waals surface area contributed by atoms with Gasteiger partial charge < -0.3 is 15.3 Å². The molecule has 0 radical (unpaired) electrons. The van der Waals surface area contributed by atoms with Crippen LogP contribution < -0.4 is 5.32 Å². The molecule has 0 saturated carbocycles. The van der Waals surface area contributed by atoms with E-state index in [2.05, 4.69) is 24.1 Å². The van der Waals surface area contributed by atoms with Gasteiger partial charge in [-0.15, -0.1) is 0 Å². The molecule has 2 atom stereocenters. The quantitative estimate of drug-likeness (QED) is 0.665. The van der Waals surface area contributed by atoms with Crippen LogP contribution in [0.2, 0.25) is 0 Å². The van der Waals surface area contributed by atoms with Gasteiger partial charge in [-0.2, -0.15) is 0 Å². The fourth-order valence-electron chi connectivity index (χ4n) is 2.23. The lowest BCUT2D eigenvalue weighted by molar-refractivity contribution is 0.274. The van der Waals surface area contributed by atoms with Gasteiger partial charge in [0.2, 0.25) is 0 Å². The van der Waals surface area contributed by atoms with Gasteiger partial charge in [0, 0.05) is 19.2 Å². The van der Waals surface area contributed by atoms with E-state index < -0.39 is 0 Å². The Labute approximate surface area is 93.9 Å². The molecule has 3 nitrogen and oxygen atoms in total. The number of nitrogens with one attached hydrogen (secondary N) is 1. The highest BCUT2D eigenvalue weighted by atomic mass is 16.2. The van der Waals surface area contributed by atoms with Crippen LogP contribution in [0.25, 0.3) is 0 Å². The van der Waals surface area contributed by atoms with Crippen LogP contribution in [0.4, 0.5) is 0 Å². The molecular formula is C12H26N2O. The maximum atomic E-state index is 8.73. The molecule has 1 fully saturated rings. The number of nitrogens with zero attached hydrogens (tertiary/aromatic N) is 1. The second-order valence-corrected chi connectivity index (χ2v) is 4.72. The summed E-state index contributed by atoms with van der Waals surface area (Å²) >= 11 is 0. The molecule has 2 N–H and O–H groups in total. The molecule has 0 amide bonds. The average molecular weight is 214 g/mol. The Morgan fingerprint density at radius 2 is 2.33 bits per heavy atom. The molecule has 1 aliphatic heterocycles. The molecule has 2 unspecified atom stereocenters. The van der Waals surface area contributed by atoms with Gasteiger partial charge in [0.25, 0.3) is 0 Å². The van der Waals surface area contributed by atoms with Gasteiger partial charge in [-0.05, 0) is 51.7 Å². The predicted molar refractivity (Wildman–Crippen MR) is 64.0 cm³/mol. The molecule has 90 valence electrons. The molecule has 1 aliphatic rings. The SMILES string of the molecule is CCN1CCC(CNC(C)CCCO)C1. The van der Waals surface area contributed by atoms with Crippen molar-refractivity contribution in [2.24, 2.45) is 5.92 Å². The summed E-state index contributed by atoms with van der Waals surface area (Å²) in [6.07, 6.45) is 3.34. The molecule has 0 aromatic rings. The third-order valence-electron chi connectivity index (χ3n) is 3.37. The summed E-state index contributed by atoms with van der Waals surface area (Å²) in [4.78, 5) is 2.52. The van der Waals surface area contributed by atoms with E-state index in [1.54, 1.807) is 0 Å². The Morgan fingerprint density at radius 3 is 2.93 bits per heavy atom. The monoisotopic (exact) mass is 214 g/mol. The molecular weight excluding hydrogens is 188 g/mol. The summed E-state index contributed by atoms with van der Waals surface area (Å²) in [5.41, 5.74) is 0. The first-order valence-corrected chi connectivity index (χ1v) is 6.32. The highest BCUT2D eigenvalue weighted by Gasteiger charge is 2.20. The van der Waals surface area contributed by atoms with Gasteiger partial charge in [0.05, 0.1) is 0 Å². The van der Waals surface area contributed by atoms with E-state index in [9.17, 15) is 0 Å². The van der Waals surface area contributed by atoms with Gasteiger partial charge in [0.15, 0.2) is 0 Å². The van der Waals surface area contributed by atoms with Crippen molar-refractivity contribution >= 4 is 0 Å². The van der Waals surface area contributed by atoms with Gasteiger partial charge in [0.1, 0.15) is 0 Å². The van der Waals surface area contributed by atoms with Crippen LogP contribution in [-0.4, -0.2) is 48.8 Å². The van der Waals surface area contributed by atoms with Crippen molar-refractivity contribution in [1.29, 1.82) is 0 Å². The van der Waals surface area contributed by atoms with Gasteiger partial charge in [-0.1, -0.05) is 6.92 Å². The Kier molecular flexibility index (Phi) is 6.22. The first-order valence-electron chi connectivity index (χ1n) is 6.32. The summed E-state index contributed by atoms with van der Waals surface area (Å²) in [6, 6.07) is 0.549. The number of rotatable bonds is 7. The van der Waals surface area contributed by atoms with E-state index >= 15 is 0 Å². The van der Waals surface area contributed by atoms with Crippen molar-refractivity contribution in [3.63, 3.8) is 0 Å². The molecule has 1 heterocycles. The third kappa shape index (κ3) is 4.96. The van der Waals surface area contributed by atoms with E-state index in [1.807, 2.05) is 0 Å². The molecule has 1 saturated heterocycles. The van der Waals surface area contributed by atoms with Crippen LogP contribution in [0.5, 0.6) is 0 Å². The minimum Gasteiger partial charge on any atom is -0.396 e. The molecule has 3 heteroatoms. The lowest BCUT2D eigenvalue weighted by Gasteiger charge is -2.17. The number of aliphatic hydroxyl groups excluding tert-OH is 1. The average Bonchev–Trinajstić information content (AvgIpc) is 2.71. The van der Waals surface area contributed by atoms with Gasteiger partial charge in [-0.3, -0.25) is 0 Å².